The van der Waals surface area contributed by atoms with Crippen LogP contribution < -0.4 is 5.32 Å². The van der Waals surface area contributed by atoms with Crippen molar-refractivity contribution in [3.05, 3.63) is 51.4 Å². The topological polar surface area (TPSA) is 51.5 Å². The van der Waals surface area contributed by atoms with E-state index in [0.717, 1.165) is 21.3 Å². The van der Waals surface area contributed by atoms with Crippen LogP contribution in [0, 0.1) is 13.8 Å². The summed E-state index contributed by atoms with van der Waals surface area (Å²) >= 11 is 3.55. The highest BCUT2D eigenvalue weighted by Crippen LogP contribution is 2.28. The quantitative estimate of drug-likeness (QED) is 0.855. The van der Waals surface area contributed by atoms with Crippen LogP contribution in [0.5, 0.6) is 0 Å². The number of carbonyl (C=O) groups is 1. The van der Waals surface area contributed by atoms with Crippen LogP contribution in [-0.4, -0.2) is 13.1 Å². The third kappa shape index (κ3) is 3.04. The molecule has 0 fully saturated rings. The second-order valence-corrected chi connectivity index (χ2v) is 5.41. The lowest BCUT2D eigenvalue weighted by atomic mass is 10.1. The number of benzene rings is 1. The number of aryl methyl sites for hydroxylation is 2. The largest absolute Gasteiger partial charge is 0.463 e. The van der Waals surface area contributed by atoms with Crippen molar-refractivity contribution in [1.29, 1.82) is 0 Å². The van der Waals surface area contributed by atoms with E-state index in [1.54, 1.807) is 6.07 Å². The Balaban J connectivity index is 2.18. The van der Waals surface area contributed by atoms with Crippen molar-refractivity contribution in [2.24, 2.45) is 0 Å². The SMILES string of the molecule is COC(=O)c1occc1CNc1c(C)cc(C)cc1Br. The summed E-state index contributed by atoms with van der Waals surface area (Å²) in [6.45, 7) is 4.58. The van der Waals surface area contributed by atoms with Crippen LogP contribution in [-0.2, 0) is 11.3 Å². The van der Waals surface area contributed by atoms with Gasteiger partial charge in [-0.25, -0.2) is 4.79 Å². The maximum Gasteiger partial charge on any atom is 0.374 e. The number of hydrogen-bond acceptors (Lipinski definition) is 4. The van der Waals surface area contributed by atoms with Crippen LogP contribution in [0.2, 0.25) is 0 Å². The number of carbonyl (C=O) groups excluding carboxylic acids is 1. The average Bonchev–Trinajstić information content (AvgIpc) is 2.85. The van der Waals surface area contributed by atoms with Crippen LogP contribution in [0.4, 0.5) is 5.69 Å². The van der Waals surface area contributed by atoms with Gasteiger partial charge in [-0.2, -0.15) is 0 Å². The number of anilines is 1. The van der Waals surface area contributed by atoms with Gasteiger partial charge in [0.1, 0.15) is 0 Å². The molecule has 2 rings (SSSR count). The fourth-order valence-corrected chi connectivity index (χ4v) is 2.88. The fraction of sp³-hybridized carbons (Fsp3) is 0.267. The summed E-state index contributed by atoms with van der Waals surface area (Å²) in [4.78, 5) is 11.5. The molecule has 0 unspecified atom stereocenters. The van der Waals surface area contributed by atoms with Crippen molar-refractivity contribution in [1.82, 2.24) is 0 Å². The number of rotatable bonds is 4. The van der Waals surface area contributed by atoms with Crippen LogP contribution in [0.15, 0.2) is 33.4 Å². The van der Waals surface area contributed by atoms with Gasteiger partial charge >= 0.3 is 5.97 Å². The van der Waals surface area contributed by atoms with E-state index in [-0.39, 0.29) is 5.76 Å². The van der Waals surface area contributed by atoms with E-state index < -0.39 is 5.97 Å². The number of nitrogens with one attached hydrogen (secondary N) is 1. The average molecular weight is 338 g/mol. The first-order chi connectivity index (χ1) is 9.52. The molecule has 0 amide bonds. The Labute approximate surface area is 126 Å². The first-order valence-corrected chi connectivity index (χ1v) is 6.97. The molecule has 0 bridgehead atoms. The second kappa shape index (κ2) is 6.13. The number of methoxy groups -OCH3 is 1. The molecule has 1 aromatic heterocycles. The van der Waals surface area contributed by atoms with Gasteiger partial charge in [-0.15, -0.1) is 0 Å². The van der Waals surface area contributed by atoms with Gasteiger partial charge in [0, 0.05) is 16.6 Å². The molecule has 5 heteroatoms. The predicted octanol–water partition coefficient (Wildman–Crippen LogP) is 4.06. The van der Waals surface area contributed by atoms with Crippen molar-refractivity contribution in [3.8, 4) is 0 Å². The lowest BCUT2D eigenvalue weighted by Crippen LogP contribution is -2.07. The molecule has 0 spiro atoms. The van der Waals surface area contributed by atoms with Gasteiger partial charge in [-0.3, -0.25) is 0 Å². The van der Waals surface area contributed by atoms with Gasteiger partial charge in [0.05, 0.1) is 19.1 Å². The van der Waals surface area contributed by atoms with Crippen LogP contribution in [0.1, 0.15) is 27.2 Å². The second-order valence-electron chi connectivity index (χ2n) is 4.56. The van der Waals surface area contributed by atoms with Crippen LogP contribution in [0.3, 0.4) is 0 Å². The van der Waals surface area contributed by atoms with Crippen molar-refractivity contribution in [3.63, 3.8) is 0 Å². The predicted molar refractivity (Wildman–Crippen MR) is 81.0 cm³/mol. The van der Waals surface area contributed by atoms with Gasteiger partial charge in [0.25, 0.3) is 0 Å². The monoisotopic (exact) mass is 337 g/mol. The zero-order valence-electron chi connectivity index (χ0n) is 11.6. The van der Waals surface area contributed by atoms with Crippen molar-refractivity contribution >= 4 is 27.6 Å². The smallest absolute Gasteiger partial charge is 0.374 e. The summed E-state index contributed by atoms with van der Waals surface area (Å²) in [6.07, 6.45) is 1.49. The molecule has 0 aliphatic rings. The molecule has 1 N–H and O–H groups in total. The van der Waals surface area contributed by atoms with E-state index in [0.29, 0.717) is 6.54 Å². The molecule has 4 nitrogen and oxygen atoms in total. The molecule has 106 valence electrons. The Bertz CT molecular complexity index is 611. The van der Waals surface area contributed by atoms with Gasteiger partial charge in [0.15, 0.2) is 0 Å². The van der Waals surface area contributed by atoms with E-state index in [2.05, 4.69) is 32.0 Å². The number of ether oxygens (including phenoxy) is 1. The Morgan fingerprint density at radius 2 is 2.15 bits per heavy atom. The first-order valence-electron chi connectivity index (χ1n) is 6.18. The number of furan rings is 1. The minimum Gasteiger partial charge on any atom is -0.463 e. The summed E-state index contributed by atoms with van der Waals surface area (Å²) in [6, 6.07) is 5.91. The summed E-state index contributed by atoms with van der Waals surface area (Å²) in [5, 5.41) is 3.32. The summed E-state index contributed by atoms with van der Waals surface area (Å²) in [7, 11) is 1.34. The Morgan fingerprint density at radius 1 is 1.40 bits per heavy atom. The van der Waals surface area contributed by atoms with E-state index >= 15 is 0 Å². The summed E-state index contributed by atoms with van der Waals surface area (Å²) < 4.78 is 10.8. The standard InChI is InChI=1S/C15H16BrNO3/c1-9-6-10(2)13(12(16)7-9)17-8-11-4-5-20-14(11)15(18)19-3/h4-7,17H,8H2,1-3H3. The van der Waals surface area contributed by atoms with Gasteiger partial charge in [-0.05, 0) is 53.0 Å². The minimum atomic E-state index is -0.466. The fourth-order valence-electron chi connectivity index (χ4n) is 2.07. The van der Waals surface area contributed by atoms with Crippen LogP contribution >= 0.6 is 15.9 Å². The van der Waals surface area contributed by atoms with Gasteiger partial charge in [-0.1, -0.05) is 6.07 Å². The molecular weight excluding hydrogens is 322 g/mol. The molecular formula is C15H16BrNO3. The Kier molecular flexibility index (Phi) is 4.49. The molecule has 0 aliphatic carbocycles. The van der Waals surface area contributed by atoms with E-state index in [1.807, 2.05) is 19.9 Å². The maximum absolute atomic E-state index is 11.5. The lowest BCUT2D eigenvalue weighted by Gasteiger charge is -2.12. The molecule has 2 aromatic rings. The Morgan fingerprint density at radius 3 is 2.80 bits per heavy atom. The number of halogens is 1. The first kappa shape index (κ1) is 14.7. The number of esters is 1. The molecule has 1 heterocycles. The molecule has 0 radical (unpaired) electrons. The normalized spacial score (nSPS) is 10.4. The van der Waals surface area contributed by atoms with Crippen LogP contribution in [0.25, 0.3) is 0 Å². The van der Waals surface area contributed by atoms with Crippen molar-refractivity contribution < 1.29 is 13.9 Å². The zero-order valence-corrected chi connectivity index (χ0v) is 13.2. The maximum atomic E-state index is 11.5. The van der Waals surface area contributed by atoms with Gasteiger partial charge in [0.2, 0.25) is 5.76 Å². The summed E-state index contributed by atoms with van der Waals surface area (Å²) in [5.41, 5.74) is 4.11. The third-order valence-corrected chi connectivity index (χ3v) is 3.63. The van der Waals surface area contributed by atoms with E-state index in [9.17, 15) is 4.79 Å². The molecule has 0 atom stereocenters. The van der Waals surface area contributed by atoms with E-state index in [1.165, 1.54) is 18.9 Å². The van der Waals surface area contributed by atoms with Crippen molar-refractivity contribution in [2.75, 3.05) is 12.4 Å². The third-order valence-electron chi connectivity index (χ3n) is 3.00. The van der Waals surface area contributed by atoms with Gasteiger partial charge < -0.3 is 14.5 Å². The Hall–Kier alpha value is -1.75. The molecule has 0 saturated carbocycles. The van der Waals surface area contributed by atoms with E-state index in [4.69, 9.17) is 4.42 Å². The highest BCUT2D eigenvalue weighted by atomic mass is 79.9. The zero-order chi connectivity index (χ0) is 14.7. The lowest BCUT2D eigenvalue weighted by molar-refractivity contribution is 0.0563. The molecule has 1 aromatic carbocycles. The van der Waals surface area contributed by atoms with Crippen molar-refractivity contribution in [2.45, 2.75) is 20.4 Å². The highest BCUT2D eigenvalue weighted by Gasteiger charge is 2.16. The molecule has 0 aliphatic heterocycles. The summed E-state index contributed by atoms with van der Waals surface area (Å²) in [5.74, 6) is -0.229. The highest BCUT2D eigenvalue weighted by molar-refractivity contribution is 9.10. The molecule has 20 heavy (non-hydrogen) atoms. The minimum absolute atomic E-state index is 0.237. The molecule has 0 saturated heterocycles. The number of hydrogen-bond donors (Lipinski definition) is 1.